The van der Waals surface area contributed by atoms with Crippen LogP contribution in [0.15, 0.2) is 0 Å². The van der Waals surface area contributed by atoms with Crippen molar-refractivity contribution in [3.8, 4) is 12.1 Å². The van der Waals surface area contributed by atoms with Crippen LogP contribution in [0.25, 0.3) is 0 Å². The third-order valence-corrected chi connectivity index (χ3v) is 2.42. The molecule has 0 bridgehead atoms. The molecule has 0 aromatic rings. The molecule has 0 atom stereocenters. The van der Waals surface area contributed by atoms with Crippen LogP contribution in [0.1, 0.15) is 32.6 Å². The predicted molar refractivity (Wildman–Crippen MR) is 50.0 cm³/mol. The summed E-state index contributed by atoms with van der Waals surface area (Å²) < 4.78 is 0. The molecule has 0 saturated carbocycles. The number of hydrogen-bond donors (Lipinski definition) is 2. The zero-order chi connectivity index (χ0) is 10.3. The van der Waals surface area contributed by atoms with Gasteiger partial charge in [0.25, 0.3) is 0 Å². The molecule has 0 aromatic heterocycles. The molecule has 4 heteroatoms. The van der Waals surface area contributed by atoms with Crippen LogP contribution in [-0.2, 0) is 0 Å². The van der Waals surface area contributed by atoms with E-state index in [4.69, 9.17) is 22.0 Å². The van der Waals surface area contributed by atoms with Crippen LogP contribution in [0.3, 0.4) is 0 Å². The second kappa shape index (κ2) is 5.53. The normalized spacial score (nSPS) is 10.9. The SMILES string of the molecule is CC(CCC#N)(CCC#N)C(N)N. The lowest BCUT2D eigenvalue weighted by molar-refractivity contribution is 0.221. The van der Waals surface area contributed by atoms with Gasteiger partial charge in [-0.2, -0.15) is 10.5 Å². The lowest BCUT2D eigenvalue weighted by Crippen LogP contribution is -2.46. The lowest BCUT2D eigenvalue weighted by Gasteiger charge is -2.31. The number of rotatable bonds is 5. The van der Waals surface area contributed by atoms with E-state index in [1.807, 2.05) is 6.92 Å². The molecule has 0 aromatic carbocycles. The van der Waals surface area contributed by atoms with Crippen molar-refractivity contribution in [3.05, 3.63) is 0 Å². The predicted octanol–water partition coefficient (Wildman–Crippen LogP) is 0.844. The van der Waals surface area contributed by atoms with Crippen molar-refractivity contribution in [2.75, 3.05) is 0 Å². The van der Waals surface area contributed by atoms with Gasteiger partial charge in [0.15, 0.2) is 0 Å². The third kappa shape index (κ3) is 3.89. The highest BCUT2D eigenvalue weighted by Crippen LogP contribution is 2.29. The first-order chi connectivity index (χ1) is 6.06. The summed E-state index contributed by atoms with van der Waals surface area (Å²) in [6, 6.07) is 4.12. The van der Waals surface area contributed by atoms with Gasteiger partial charge in [-0.3, -0.25) is 0 Å². The van der Waals surface area contributed by atoms with Crippen LogP contribution >= 0.6 is 0 Å². The van der Waals surface area contributed by atoms with Gasteiger partial charge < -0.3 is 11.5 Å². The van der Waals surface area contributed by atoms with E-state index in [0.717, 1.165) is 0 Å². The summed E-state index contributed by atoms with van der Waals surface area (Å²) >= 11 is 0. The Bertz CT molecular complexity index is 203. The second-order valence-electron chi connectivity index (χ2n) is 3.50. The molecular formula is C9H16N4. The highest BCUT2D eigenvalue weighted by Gasteiger charge is 2.28. The molecule has 13 heavy (non-hydrogen) atoms. The van der Waals surface area contributed by atoms with Crippen molar-refractivity contribution in [2.45, 2.75) is 38.8 Å². The summed E-state index contributed by atoms with van der Waals surface area (Å²) in [6.45, 7) is 1.92. The minimum absolute atomic E-state index is 0.286. The van der Waals surface area contributed by atoms with Gasteiger partial charge in [0.2, 0.25) is 0 Å². The maximum absolute atomic E-state index is 8.44. The van der Waals surface area contributed by atoms with E-state index in [2.05, 4.69) is 12.1 Å². The molecule has 0 fully saturated rings. The average Bonchev–Trinajstić information content (AvgIpc) is 2.11. The topological polar surface area (TPSA) is 99.6 Å². The minimum atomic E-state index is -0.464. The second-order valence-corrected chi connectivity index (χ2v) is 3.50. The molecule has 0 unspecified atom stereocenters. The van der Waals surface area contributed by atoms with Crippen molar-refractivity contribution >= 4 is 0 Å². The summed E-state index contributed by atoms with van der Waals surface area (Å²) in [7, 11) is 0. The van der Waals surface area contributed by atoms with E-state index in [1.54, 1.807) is 0 Å². The van der Waals surface area contributed by atoms with Gasteiger partial charge in [0.1, 0.15) is 0 Å². The molecule has 0 aliphatic heterocycles. The molecule has 72 valence electrons. The van der Waals surface area contributed by atoms with E-state index < -0.39 is 6.17 Å². The number of nitrogens with two attached hydrogens (primary N) is 2. The maximum Gasteiger partial charge on any atom is 0.0621 e. The highest BCUT2D eigenvalue weighted by molar-refractivity contribution is 4.88. The highest BCUT2D eigenvalue weighted by atomic mass is 14.9. The zero-order valence-corrected chi connectivity index (χ0v) is 7.95. The van der Waals surface area contributed by atoms with Gasteiger partial charge in [-0.15, -0.1) is 0 Å². The van der Waals surface area contributed by atoms with Crippen molar-refractivity contribution in [1.82, 2.24) is 0 Å². The first kappa shape index (κ1) is 11.9. The van der Waals surface area contributed by atoms with Crippen LogP contribution in [-0.4, -0.2) is 6.17 Å². The lowest BCUT2D eigenvalue weighted by atomic mass is 9.79. The quantitative estimate of drug-likeness (QED) is 0.612. The van der Waals surface area contributed by atoms with Crippen LogP contribution < -0.4 is 11.5 Å². The van der Waals surface area contributed by atoms with E-state index in [-0.39, 0.29) is 5.41 Å². The standard InChI is InChI=1S/C9H16N4/c1-9(8(12)13,4-2-6-10)5-3-7-11/h8H,2-5,12-13H2,1H3. The van der Waals surface area contributed by atoms with Crippen LogP contribution in [0.2, 0.25) is 0 Å². The molecule has 4 N–H and O–H groups in total. The molecule has 0 amide bonds. The van der Waals surface area contributed by atoms with Crippen molar-refractivity contribution in [3.63, 3.8) is 0 Å². The number of nitriles is 2. The van der Waals surface area contributed by atoms with E-state index in [9.17, 15) is 0 Å². The fourth-order valence-corrected chi connectivity index (χ4v) is 1.14. The monoisotopic (exact) mass is 180 g/mol. The Morgan fingerprint density at radius 1 is 1.15 bits per heavy atom. The first-order valence-corrected chi connectivity index (χ1v) is 4.32. The van der Waals surface area contributed by atoms with E-state index in [1.165, 1.54) is 0 Å². The van der Waals surface area contributed by atoms with Crippen molar-refractivity contribution < 1.29 is 0 Å². The fraction of sp³-hybridized carbons (Fsp3) is 0.778. The Morgan fingerprint density at radius 2 is 1.54 bits per heavy atom. The average molecular weight is 180 g/mol. The van der Waals surface area contributed by atoms with Gasteiger partial charge in [0.05, 0.1) is 18.3 Å². The maximum atomic E-state index is 8.44. The van der Waals surface area contributed by atoms with E-state index in [0.29, 0.717) is 25.7 Å². The number of hydrogen-bond acceptors (Lipinski definition) is 4. The van der Waals surface area contributed by atoms with Gasteiger partial charge in [-0.25, -0.2) is 0 Å². The Kier molecular flexibility index (Phi) is 5.06. The summed E-state index contributed by atoms with van der Waals surface area (Å²) in [5.74, 6) is 0. The molecule has 4 nitrogen and oxygen atoms in total. The van der Waals surface area contributed by atoms with Crippen molar-refractivity contribution in [1.29, 1.82) is 10.5 Å². The Hall–Kier alpha value is -1.10. The first-order valence-electron chi connectivity index (χ1n) is 4.32. The molecule has 0 aliphatic rings. The summed E-state index contributed by atoms with van der Waals surface area (Å²) in [6.07, 6.45) is 1.72. The number of nitrogens with zero attached hydrogens (tertiary/aromatic N) is 2. The molecule has 0 saturated heterocycles. The zero-order valence-electron chi connectivity index (χ0n) is 7.95. The summed E-state index contributed by atoms with van der Waals surface area (Å²) in [5, 5.41) is 16.9. The van der Waals surface area contributed by atoms with Gasteiger partial charge in [0, 0.05) is 12.8 Å². The summed E-state index contributed by atoms with van der Waals surface area (Å²) in [5.41, 5.74) is 10.9. The molecule has 0 spiro atoms. The van der Waals surface area contributed by atoms with E-state index >= 15 is 0 Å². The third-order valence-electron chi connectivity index (χ3n) is 2.42. The molecular weight excluding hydrogens is 164 g/mol. The molecule has 0 heterocycles. The largest absolute Gasteiger partial charge is 0.316 e. The fourth-order valence-electron chi connectivity index (χ4n) is 1.14. The van der Waals surface area contributed by atoms with Gasteiger partial charge >= 0.3 is 0 Å². The minimum Gasteiger partial charge on any atom is -0.316 e. The Balaban J connectivity index is 4.19. The Labute approximate surface area is 79.1 Å². The van der Waals surface area contributed by atoms with Crippen LogP contribution in [0.5, 0.6) is 0 Å². The molecule has 0 radical (unpaired) electrons. The molecule has 0 rings (SSSR count). The van der Waals surface area contributed by atoms with Gasteiger partial charge in [-0.1, -0.05) is 6.92 Å². The van der Waals surface area contributed by atoms with Crippen LogP contribution in [0, 0.1) is 28.1 Å². The molecule has 0 aliphatic carbocycles. The van der Waals surface area contributed by atoms with Gasteiger partial charge in [-0.05, 0) is 18.3 Å². The van der Waals surface area contributed by atoms with Crippen LogP contribution in [0.4, 0.5) is 0 Å². The Morgan fingerprint density at radius 3 is 1.77 bits per heavy atom. The smallest absolute Gasteiger partial charge is 0.0621 e. The van der Waals surface area contributed by atoms with Crippen molar-refractivity contribution in [2.24, 2.45) is 16.9 Å². The summed E-state index contributed by atoms with van der Waals surface area (Å²) in [4.78, 5) is 0.